The van der Waals surface area contributed by atoms with Gasteiger partial charge in [-0.25, -0.2) is 0 Å². The second kappa shape index (κ2) is 7.79. The zero-order valence-electron chi connectivity index (χ0n) is 13.0. The highest BCUT2D eigenvalue weighted by Crippen LogP contribution is 2.34. The summed E-state index contributed by atoms with van der Waals surface area (Å²) < 4.78 is 5.31. The number of hydrogen-bond acceptors (Lipinski definition) is 3. The summed E-state index contributed by atoms with van der Waals surface area (Å²) in [5, 5.41) is 3.60. The molecule has 0 aliphatic heterocycles. The molecule has 3 nitrogen and oxygen atoms in total. The van der Waals surface area contributed by atoms with Crippen molar-refractivity contribution in [2.75, 3.05) is 13.7 Å². The number of aromatic nitrogens is 1. The van der Waals surface area contributed by atoms with E-state index in [0.29, 0.717) is 5.92 Å². The quantitative estimate of drug-likeness (QED) is 0.836. The Balaban J connectivity index is 2.36. The molecule has 21 heavy (non-hydrogen) atoms. The van der Waals surface area contributed by atoms with Crippen molar-refractivity contribution in [3.05, 3.63) is 59.9 Å². The number of nitrogens with zero attached hydrogens (tertiary/aromatic N) is 1. The standard InChI is InChI=1S/C18H24N2O/c1-4-17(14-9-7-6-8-10-14)18(20-5-2)15-11-16(21-3)13-19-12-15/h6-13,17-18,20H,4-5H2,1-3H3. The molecule has 2 atom stereocenters. The Kier molecular flexibility index (Phi) is 5.76. The number of ether oxygens (including phenoxy) is 1. The number of rotatable bonds is 7. The molecule has 1 aromatic heterocycles. The van der Waals surface area contributed by atoms with Crippen molar-refractivity contribution in [1.29, 1.82) is 0 Å². The smallest absolute Gasteiger partial charge is 0.137 e. The van der Waals surface area contributed by atoms with Crippen molar-refractivity contribution < 1.29 is 4.74 Å². The molecule has 0 radical (unpaired) electrons. The third kappa shape index (κ3) is 3.82. The Labute approximate surface area is 127 Å². The van der Waals surface area contributed by atoms with Crippen LogP contribution in [0.15, 0.2) is 48.8 Å². The SMILES string of the molecule is CCNC(c1cncc(OC)c1)C(CC)c1ccccc1. The second-order valence-electron chi connectivity index (χ2n) is 5.12. The first-order valence-corrected chi connectivity index (χ1v) is 7.57. The van der Waals surface area contributed by atoms with E-state index in [1.54, 1.807) is 13.3 Å². The van der Waals surface area contributed by atoms with E-state index < -0.39 is 0 Å². The highest BCUT2D eigenvalue weighted by atomic mass is 16.5. The normalized spacial score (nSPS) is 13.7. The maximum absolute atomic E-state index is 5.31. The van der Waals surface area contributed by atoms with Crippen LogP contribution in [0.4, 0.5) is 0 Å². The minimum absolute atomic E-state index is 0.241. The van der Waals surface area contributed by atoms with Crippen LogP contribution in [0.3, 0.4) is 0 Å². The first-order chi connectivity index (χ1) is 10.3. The molecule has 1 heterocycles. The molecule has 0 spiro atoms. The van der Waals surface area contributed by atoms with Crippen LogP contribution in [0.2, 0.25) is 0 Å². The lowest BCUT2D eigenvalue weighted by molar-refractivity contribution is 0.406. The van der Waals surface area contributed by atoms with Gasteiger partial charge in [0.05, 0.1) is 13.3 Å². The molecule has 1 aromatic carbocycles. The van der Waals surface area contributed by atoms with Crippen LogP contribution in [0.25, 0.3) is 0 Å². The third-order valence-electron chi connectivity index (χ3n) is 3.82. The average Bonchev–Trinajstić information content (AvgIpc) is 2.56. The van der Waals surface area contributed by atoms with Crippen molar-refractivity contribution in [2.45, 2.75) is 32.2 Å². The van der Waals surface area contributed by atoms with E-state index in [1.165, 1.54) is 11.1 Å². The third-order valence-corrected chi connectivity index (χ3v) is 3.82. The highest BCUT2D eigenvalue weighted by Gasteiger charge is 2.23. The van der Waals surface area contributed by atoms with E-state index >= 15 is 0 Å². The van der Waals surface area contributed by atoms with Gasteiger partial charge in [0.25, 0.3) is 0 Å². The Morgan fingerprint density at radius 1 is 1.10 bits per heavy atom. The van der Waals surface area contributed by atoms with Gasteiger partial charge >= 0.3 is 0 Å². The topological polar surface area (TPSA) is 34.2 Å². The Bertz CT molecular complexity index is 542. The number of benzene rings is 1. The first-order valence-electron chi connectivity index (χ1n) is 7.57. The summed E-state index contributed by atoms with van der Waals surface area (Å²) in [6.45, 7) is 5.29. The molecule has 112 valence electrons. The number of methoxy groups -OCH3 is 1. The molecule has 3 heteroatoms. The Morgan fingerprint density at radius 2 is 1.86 bits per heavy atom. The maximum Gasteiger partial charge on any atom is 0.137 e. The Morgan fingerprint density at radius 3 is 2.48 bits per heavy atom. The minimum atomic E-state index is 0.241. The van der Waals surface area contributed by atoms with Crippen LogP contribution in [0, 0.1) is 0 Å². The summed E-state index contributed by atoms with van der Waals surface area (Å²) in [5.41, 5.74) is 2.53. The number of likely N-dealkylation sites (N-methyl/N-ethyl adjacent to an activating group) is 1. The molecular weight excluding hydrogens is 260 g/mol. The lowest BCUT2D eigenvalue weighted by atomic mass is 9.85. The summed E-state index contributed by atoms with van der Waals surface area (Å²) in [7, 11) is 1.68. The van der Waals surface area contributed by atoms with E-state index in [-0.39, 0.29) is 6.04 Å². The molecule has 2 rings (SSSR count). The molecule has 2 aromatic rings. The molecule has 0 saturated heterocycles. The number of nitrogens with one attached hydrogen (secondary N) is 1. The molecule has 1 N–H and O–H groups in total. The average molecular weight is 284 g/mol. The van der Waals surface area contributed by atoms with Crippen LogP contribution >= 0.6 is 0 Å². The molecule has 0 bridgehead atoms. The van der Waals surface area contributed by atoms with Crippen LogP contribution in [-0.2, 0) is 0 Å². The van der Waals surface area contributed by atoms with Gasteiger partial charge in [0.2, 0.25) is 0 Å². The summed E-state index contributed by atoms with van der Waals surface area (Å²) in [6.07, 6.45) is 4.75. The van der Waals surface area contributed by atoms with Gasteiger partial charge < -0.3 is 10.1 Å². The van der Waals surface area contributed by atoms with Gasteiger partial charge in [-0.2, -0.15) is 0 Å². The van der Waals surface area contributed by atoms with Crippen molar-refractivity contribution in [1.82, 2.24) is 10.3 Å². The van der Waals surface area contributed by atoms with Crippen molar-refractivity contribution >= 4 is 0 Å². The van der Waals surface area contributed by atoms with Crippen LogP contribution in [0.5, 0.6) is 5.75 Å². The van der Waals surface area contributed by atoms with Gasteiger partial charge in [-0.1, -0.05) is 44.2 Å². The van der Waals surface area contributed by atoms with E-state index in [2.05, 4.69) is 60.5 Å². The van der Waals surface area contributed by atoms with Gasteiger partial charge in [0.1, 0.15) is 5.75 Å². The molecule has 0 fully saturated rings. The maximum atomic E-state index is 5.31. The second-order valence-corrected chi connectivity index (χ2v) is 5.12. The summed E-state index contributed by atoms with van der Waals surface area (Å²) in [4.78, 5) is 4.30. The van der Waals surface area contributed by atoms with Crippen molar-refractivity contribution in [3.8, 4) is 5.75 Å². The summed E-state index contributed by atoms with van der Waals surface area (Å²) >= 11 is 0. The van der Waals surface area contributed by atoms with Crippen LogP contribution in [-0.4, -0.2) is 18.6 Å². The van der Waals surface area contributed by atoms with E-state index in [1.807, 2.05) is 6.20 Å². The van der Waals surface area contributed by atoms with Crippen molar-refractivity contribution in [2.24, 2.45) is 0 Å². The van der Waals surface area contributed by atoms with Gasteiger partial charge in [0, 0.05) is 18.2 Å². The monoisotopic (exact) mass is 284 g/mol. The fraction of sp³-hybridized carbons (Fsp3) is 0.389. The van der Waals surface area contributed by atoms with Gasteiger partial charge in [-0.3, -0.25) is 4.98 Å². The molecule has 0 saturated carbocycles. The van der Waals surface area contributed by atoms with Crippen molar-refractivity contribution in [3.63, 3.8) is 0 Å². The lowest BCUT2D eigenvalue weighted by Gasteiger charge is -2.28. The molecular formula is C18H24N2O. The van der Waals surface area contributed by atoms with Crippen LogP contribution < -0.4 is 10.1 Å². The first kappa shape index (κ1) is 15.5. The van der Waals surface area contributed by atoms with E-state index in [9.17, 15) is 0 Å². The Hall–Kier alpha value is -1.87. The summed E-state index contributed by atoms with van der Waals surface area (Å²) in [5.74, 6) is 1.22. The highest BCUT2D eigenvalue weighted by molar-refractivity contribution is 5.30. The number of hydrogen-bond donors (Lipinski definition) is 1. The lowest BCUT2D eigenvalue weighted by Crippen LogP contribution is -2.27. The zero-order valence-corrected chi connectivity index (χ0v) is 13.0. The zero-order chi connectivity index (χ0) is 15.1. The molecule has 0 aliphatic carbocycles. The predicted molar refractivity (Wildman–Crippen MR) is 86.7 cm³/mol. The number of pyridine rings is 1. The fourth-order valence-electron chi connectivity index (χ4n) is 2.79. The molecule has 2 unspecified atom stereocenters. The molecule has 0 aliphatic rings. The van der Waals surface area contributed by atoms with E-state index in [0.717, 1.165) is 18.7 Å². The van der Waals surface area contributed by atoms with E-state index in [4.69, 9.17) is 4.74 Å². The fourth-order valence-corrected chi connectivity index (χ4v) is 2.79. The van der Waals surface area contributed by atoms with Gasteiger partial charge in [-0.05, 0) is 30.2 Å². The summed E-state index contributed by atoms with van der Waals surface area (Å²) in [6, 6.07) is 13.0. The van der Waals surface area contributed by atoms with Gasteiger partial charge in [-0.15, -0.1) is 0 Å². The minimum Gasteiger partial charge on any atom is -0.495 e. The molecule has 0 amide bonds. The predicted octanol–water partition coefficient (Wildman–Crippen LogP) is 3.93. The largest absolute Gasteiger partial charge is 0.495 e. The van der Waals surface area contributed by atoms with Gasteiger partial charge in [0.15, 0.2) is 0 Å². The van der Waals surface area contributed by atoms with Crippen LogP contribution in [0.1, 0.15) is 43.4 Å².